The highest BCUT2D eigenvalue weighted by Gasteiger charge is 2.26. The van der Waals surface area contributed by atoms with Crippen molar-refractivity contribution in [1.82, 2.24) is 4.90 Å². The van der Waals surface area contributed by atoms with E-state index in [9.17, 15) is 9.18 Å². The molecule has 0 radical (unpaired) electrons. The van der Waals surface area contributed by atoms with Gasteiger partial charge in [0, 0.05) is 13.1 Å². The predicted molar refractivity (Wildman–Crippen MR) is 89.6 cm³/mol. The largest absolute Gasteiger partial charge is 0.490 e. The fourth-order valence-corrected chi connectivity index (χ4v) is 2.74. The molecule has 1 aliphatic heterocycles. The highest BCUT2D eigenvalue weighted by Crippen LogP contribution is 2.19. The molecule has 2 rings (SSSR count). The molecule has 1 aromatic rings. The monoisotopic (exact) mass is 345 g/mol. The van der Waals surface area contributed by atoms with Crippen LogP contribution in [0, 0.1) is 11.7 Å². The van der Waals surface area contributed by atoms with Gasteiger partial charge in [0.05, 0.1) is 19.1 Å². The first-order valence-electron chi connectivity index (χ1n) is 7.97. The maximum Gasteiger partial charge on any atom is 0.310 e. The number of piperidine rings is 1. The van der Waals surface area contributed by atoms with E-state index >= 15 is 0 Å². The Morgan fingerprint density at radius 3 is 2.91 bits per heavy atom. The average molecular weight is 346 g/mol. The van der Waals surface area contributed by atoms with Gasteiger partial charge in [-0.15, -0.1) is 12.4 Å². The van der Waals surface area contributed by atoms with E-state index in [0.29, 0.717) is 19.0 Å². The molecule has 1 atom stereocenters. The van der Waals surface area contributed by atoms with Gasteiger partial charge in [-0.05, 0) is 44.9 Å². The molecule has 1 unspecified atom stereocenters. The summed E-state index contributed by atoms with van der Waals surface area (Å²) in [5.74, 6) is -0.135. The summed E-state index contributed by atoms with van der Waals surface area (Å²) in [7, 11) is 0. The number of hydrogen-bond donors (Lipinski definition) is 0. The normalized spacial score (nSPS) is 18.1. The molecule has 0 amide bonds. The van der Waals surface area contributed by atoms with E-state index in [-0.39, 0.29) is 30.1 Å². The lowest BCUT2D eigenvalue weighted by Gasteiger charge is -2.31. The third-order valence-electron chi connectivity index (χ3n) is 3.84. The van der Waals surface area contributed by atoms with Crippen LogP contribution in [0.25, 0.3) is 0 Å². The summed E-state index contributed by atoms with van der Waals surface area (Å²) in [6, 6.07) is 6.43. The number of ether oxygens (including phenoxy) is 2. The van der Waals surface area contributed by atoms with Crippen molar-refractivity contribution in [3.05, 3.63) is 30.1 Å². The van der Waals surface area contributed by atoms with Gasteiger partial charge in [-0.1, -0.05) is 12.1 Å². The first kappa shape index (κ1) is 19.7. The molecule has 0 bridgehead atoms. The minimum Gasteiger partial charge on any atom is -0.490 e. The molecule has 0 saturated carbocycles. The van der Waals surface area contributed by atoms with Crippen LogP contribution in [-0.2, 0) is 9.53 Å². The van der Waals surface area contributed by atoms with Crippen molar-refractivity contribution in [2.75, 3.05) is 32.8 Å². The average Bonchev–Trinajstić information content (AvgIpc) is 2.54. The zero-order valence-corrected chi connectivity index (χ0v) is 14.3. The van der Waals surface area contributed by atoms with E-state index < -0.39 is 0 Å². The predicted octanol–water partition coefficient (Wildman–Crippen LogP) is 3.29. The molecule has 0 N–H and O–H groups in total. The summed E-state index contributed by atoms with van der Waals surface area (Å²) in [6.07, 6.45) is 2.72. The molecule has 1 heterocycles. The number of esters is 1. The minimum atomic E-state index is -0.331. The van der Waals surface area contributed by atoms with Crippen molar-refractivity contribution in [2.24, 2.45) is 5.92 Å². The molecule has 23 heavy (non-hydrogen) atoms. The van der Waals surface area contributed by atoms with Crippen LogP contribution in [0.2, 0.25) is 0 Å². The van der Waals surface area contributed by atoms with Gasteiger partial charge in [-0.2, -0.15) is 0 Å². The molecular weight excluding hydrogens is 321 g/mol. The van der Waals surface area contributed by atoms with Crippen LogP contribution in [-0.4, -0.2) is 43.7 Å². The van der Waals surface area contributed by atoms with Gasteiger partial charge in [-0.25, -0.2) is 4.39 Å². The maximum absolute atomic E-state index is 13.4. The van der Waals surface area contributed by atoms with E-state index in [4.69, 9.17) is 9.47 Å². The molecule has 6 heteroatoms. The van der Waals surface area contributed by atoms with Gasteiger partial charge in [0.15, 0.2) is 11.6 Å². The Balaban J connectivity index is 0.00000264. The van der Waals surface area contributed by atoms with Crippen LogP contribution in [0.3, 0.4) is 0 Å². The first-order chi connectivity index (χ1) is 10.7. The van der Waals surface area contributed by atoms with E-state index in [1.54, 1.807) is 18.2 Å². The lowest BCUT2D eigenvalue weighted by molar-refractivity contribution is -0.149. The number of carbonyl (C=O) groups is 1. The van der Waals surface area contributed by atoms with Gasteiger partial charge >= 0.3 is 5.97 Å². The number of para-hydroxylation sites is 1. The van der Waals surface area contributed by atoms with Crippen LogP contribution >= 0.6 is 12.4 Å². The molecule has 4 nitrogen and oxygen atoms in total. The Kier molecular flexibility index (Phi) is 8.95. The Morgan fingerprint density at radius 1 is 1.39 bits per heavy atom. The fraction of sp³-hybridized carbons (Fsp3) is 0.588. The molecule has 130 valence electrons. The summed E-state index contributed by atoms with van der Waals surface area (Å²) < 4.78 is 23.9. The number of benzene rings is 1. The number of carbonyl (C=O) groups excluding carboxylic acids is 1. The molecular formula is C17H25ClFNO3. The molecule has 1 aromatic carbocycles. The minimum absolute atomic E-state index is 0. The van der Waals surface area contributed by atoms with Crippen molar-refractivity contribution in [1.29, 1.82) is 0 Å². The van der Waals surface area contributed by atoms with Crippen LogP contribution in [0.1, 0.15) is 26.2 Å². The molecule has 1 fully saturated rings. The second-order valence-electron chi connectivity index (χ2n) is 5.52. The SMILES string of the molecule is CCOC(=O)C1CCCN(CCCOc2ccccc2F)C1.Cl. The molecule has 0 aromatic heterocycles. The van der Waals surface area contributed by atoms with Gasteiger partial charge in [-0.3, -0.25) is 4.79 Å². The number of hydrogen-bond acceptors (Lipinski definition) is 4. The Hall–Kier alpha value is -1.33. The number of likely N-dealkylation sites (tertiary alicyclic amines) is 1. The smallest absolute Gasteiger partial charge is 0.310 e. The number of halogens is 2. The second-order valence-corrected chi connectivity index (χ2v) is 5.52. The van der Waals surface area contributed by atoms with Crippen LogP contribution < -0.4 is 4.74 Å². The third-order valence-corrected chi connectivity index (χ3v) is 3.84. The second kappa shape index (κ2) is 10.4. The maximum atomic E-state index is 13.4. The third kappa shape index (κ3) is 6.36. The Morgan fingerprint density at radius 2 is 2.17 bits per heavy atom. The lowest BCUT2D eigenvalue weighted by atomic mass is 9.98. The van der Waals surface area contributed by atoms with E-state index in [1.807, 2.05) is 6.92 Å². The molecule has 0 aliphatic carbocycles. The zero-order chi connectivity index (χ0) is 15.8. The Bertz CT molecular complexity index is 487. The standard InChI is InChI=1S/C17H24FNO3.ClH/c1-2-21-17(20)14-7-5-10-19(13-14)11-6-12-22-16-9-4-3-8-15(16)18;/h3-4,8-9,14H,2,5-7,10-13H2,1H3;1H. The summed E-state index contributed by atoms with van der Waals surface area (Å²) in [6.45, 7) is 5.34. The lowest BCUT2D eigenvalue weighted by Crippen LogP contribution is -2.40. The van der Waals surface area contributed by atoms with Gasteiger partial charge in [0.25, 0.3) is 0 Å². The number of rotatable bonds is 7. The van der Waals surface area contributed by atoms with Crippen LogP contribution in [0.4, 0.5) is 4.39 Å². The summed E-state index contributed by atoms with van der Waals surface area (Å²) in [4.78, 5) is 14.0. The van der Waals surface area contributed by atoms with Crippen molar-refractivity contribution in [3.8, 4) is 5.75 Å². The highest BCUT2D eigenvalue weighted by atomic mass is 35.5. The van der Waals surface area contributed by atoms with Crippen molar-refractivity contribution in [3.63, 3.8) is 0 Å². The summed E-state index contributed by atoms with van der Waals surface area (Å²) in [5.41, 5.74) is 0. The number of nitrogens with zero attached hydrogens (tertiary/aromatic N) is 1. The van der Waals surface area contributed by atoms with E-state index in [1.165, 1.54) is 6.07 Å². The van der Waals surface area contributed by atoms with Crippen LogP contribution in [0.5, 0.6) is 5.75 Å². The first-order valence-corrected chi connectivity index (χ1v) is 7.97. The van der Waals surface area contributed by atoms with E-state index in [0.717, 1.165) is 38.9 Å². The van der Waals surface area contributed by atoms with E-state index in [2.05, 4.69) is 4.90 Å². The topological polar surface area (TPSA) is 38.8 Å². The molecule has 1 aliphatic rings. The van der Waals surface area contributed by atoms with Crippen LogP contribution in [0.15, 0.2) is 24.3 Å². The Labute approximate surface area is 143 Å². The highest BCUT2D eigenvalue weighted by molar-refractivity contribution is 5.85. The van der Waals surface area contributed by atoms with Crippen molar-refractivity contribution < 1.29 is 18.7 Å². The summed E-state index contributed by atoms with van der Waals surface area (Å²) >= 11 is 0. The molecule has 0 spiro atoms. The van der Waals surface area contributed by atoms with Gasteiger partial charge < -0.3 is 14.4 Å². The fourth-order valence-electron chi connectivity index (χ4n) is 2.74. The van der Waals surface area contributed by atoms with Crippen molar-refractivity contribution >= 4 is 18.4 Å². The van der Waals surface area contributed by atoms with Gasteiger partial charge in [0.1, 0.15) is 0 Å². The van der Waals surface area contributed by atoms with Gasteiger partial charge in [0.2, 0.25) is 0 Å². The quantitative estimate of drug-likeness (QED) is 0.561. The van der Waals surface area contributed by atoms with Crippen molar-refractivity contribution in [2.45, 2.75) is 26.2 Å². The summed E-state index contributed by atoms with van der Waals surface area (Å²) in [5, 5.41) is 0. The zero-order valence-electron chi connectivity index (χ0n) is 13.5. The molecule has 1 saturated heterocycles.